The quantitative estimate of drug-likeness (QED) is 0.864. The highest BCUT2D eigenvalue weighted by Gasteiger charge is 2.14. The Hall–Kier alpha value is -1.62. The van der Waals surface area contributed by atoms with Gasteiger partial charge < -0.3 is 14.6 Å². The Morgan fingerprint density at radius 2 is 1.71 bits per heavy atom. The van der Waals surface area contributed by atoms with Gasteiger partial charge in [0.1, 0.15) is 11.5 Å². The number of benzene rings is 1. The smallest absolute Gasteiger partial charge is 0.272 e. The van der Waals surface area contributed by atoms with E-state index in [-0.39, 0.29) is 12.0 Å². The van der Waals surface area contributed by atoms with Crippen molar-refractivity contribution in [1.82, 2.24) is 0 Å². The molecular weight excluding hydrogens is 230 g/mol. The standard InChI is InChI=1S/C12H14F2O3/c1-16-10-4-3-5-11(17-2)9(10)6-8(7-15)12(13)14/h3-5,15H,6-7H2,1-2H3. The molecule has 0 radical (unpaired) electrons. The first-order valence-electron chi connectivity index (χ1n) is 4.97. The Morgan fingerprint density at radius 3 is 2.06 bits per heavy atom. The van der Waals surface area contributed by atoms with Crippen molar-refractivity contribution in [2.24, 2.45) is 0 Å². The fourth-order valence-electron chi connectivity index (χ4n) is 1.50. The summed E-state index contributed by atoms with van der Waals surface area (Å²) >= 11 is 0. The molecule has 0 saturated heterocycles. The molecule has 1 aromatic carbocycles. The van der Waals surface area contributed by atoms with Crippen LogP contribution in [0.25, 0.3) is 0 Å². The second-order valence-corrected chi connectivity index (χ2v) is 3.34. The van der Waals surface area contributed by atoms with E-state index in [1.165, 1.54) is 14.2 Å². The lowest BCUT2D eigenvalue weighted by molar-refractivity contribution is 0.306. The normalized spacial score (nSPS) is 9.94. The minimum absolute atomic E-state index is 0.105. The third kappa shape index (κ3) is 3.17. The summed E-state index contributed by atoms with van der Waals surface area (Å²) in [6.45, 7) is -0.691. The van der Waals surface area contributed by atoms with E-state index >= 15 is 0 Å². The van der Waals surface area contributed by atoms with Gasteiger partial charge in [-0.2, -0.15) is 8.78 Å². The molecule has 17 heavy (non-hydrogen) atoms. The van der Waals surface area contributed by atoms with Crippen molar-refractivity contribution >= 4 is 0 Å². The van der Waals surface area contributed by atoms with Crippen LogP contribution in [-0.2, 0) is 6.42 Å². The molecule has 0 aliphatic heterocycles. The monoisotopic (exact) mass is 244 g/mol. The Balaban J connectivity index is 3.15. The third-order valence-corrected chi connectivity index (χ3v) is 2.38. The van der Waals surface area contributed by atoms with Crippen molar-refractivity contribution < 1.29 is 23.4 Å². The van der Waals surface area contributed by atoms with E-state index in [4.69, 9.17) is 14.6 Å². The van der Waals surface area contributed by atoms with Gasteiger partial charge in [0.25, 0.3) is 6.08 Å². The van der Waals surface area contributed by atoms with Crippen molar-refractivity contribution in [2.45, 2.75) is 6.42 Å². The SMILES string of the molecule is COc1cccc(OC)c1CC(CO)=C(F)F. The number of hydrogen-bond acceptors (Lipinski definition) is 3. The molecule has 0 spiro atoms. The summed E-state index contributed by atoms with van der Waals surface area (Å²) in [4.78, 5) is 0. The average molecular weight is 244 g/mol. The van der Waals surface area contributed by atoms with E-state index in [0.717, 1.165) is 0 Å². The molecule has 3 nitrogen and oxygen atoms in total. The first-order chi connectivity index (χ1) is 8.13. The van der Waals surface area contributed by atoms with E-state index < -0.39 is 12.7 Å². The highest BCUT2D eigenvalue weighted by atomic mass is 19.3. The number of rotatable bonds is 5. The van der Waals surface area contributed by atoms with Gasteiger partial charge in [0.15, 0.2) is 0 Å². The van der Waals surface area contributed by atoms with E-state index in [1.54, 1.807) is 18.2 Å². The van der Waals surface area contributed by atoms with Crippen molar-refractivity contribution in [3.8, 4) is 11.5 Å². The van der Waals surface area contributed by atoms with E-state index in [0.29, 0.717) is 17.1 Å². The number of ether oxygens (including phenoxy) is 2. The van der Waals surface area contributed by atoms with Crippen LogP contribution in [0, 0.1) is 0 Å². The predicted octanol–water partition coefficient (Wildman–Crippen LogP) is 2.39. The second kappa shape index (κ2) is 6.20. The summed E-state index contributed by atoms with van der Waals surface area (Å²) in [7, 11) is 2.90. The lowest BCUT2D eigenvalue weighted by Crippen LogP contribution is -2.02. The topological polar surface area (TPSA) is 38.7 Å². The van der Waals surface area contributed by atoms with Gasteiger partial charge in [-0.3, -0.25) is 0 Å². The van der Waals surface area contributed by atoms with Gasteiger partial charge in [0.05, 0.1) is 20.8 Å². The molecule has 94 valence electrons. The molecule has 0 fully saturated rings. The van der Waals surface area contributed by atoms with Gasteiger partial charge in [-0.15, -0.1) is 0 Å². The molecule has 1 N–H and O–H groups in total. The van der Waals surface area contributed by atoms with Crippen molar-refractivity contribution in [2.75, 3.05) is 20.8 Å². The van der Waals surface area contributed by atoms with E-state index in [1.807, 2.05) is 0 Å². The van der Waals surface area contributed by atoms with Crippen molar-refractivity contribution in [3.63, 3.8) is 0 Å². The maximum Gasteiger partial charge on any atom is 0.272 e. The zero-order chi connectivity index (χ0) is 12.8. The minimum Gasteiger partial charge on any atom is -0.496 e. The maximum absolute atomic E-state index is 12.5. The number of methoxy groups -OCH3 is 2. The van der Waals surface area contributed by atoms with Gasteiger partial charge in [-0.25, -0.2) is 0 Å². The number of halogens is 2. The summed E-state index contributed by atoms with van der Waals surface area (Å²) in [5.74, 6) is 0.910. The molecule has 0 amide bonds. The van der Waals surface area contributed by atoms with Crippen LogP contribution in [0.2, 0.25) is 0 Å². The Bertz CT molecular complexity index is 390. The molecule has 1 rings (SSSR count). The van der Waals surface area contributed by atoms with Gasteiger partial charge in [-0.1, -0.05) is 6.07 Å². The van der Waals surface area contributed by atoms with Crippen LogP contribution in [0.4, 0.5) is 8.78 Å². The van der Waals surface area contributed by atoms with Gasteiger partial charge in [0.2, 0.25) is 0 Å². The lowest BCUT2D eigenvalue weighted by atomic mass is 10.0. The summed E-state index contributed by atoms with van der Waals surface area (Å²) in [5, 5.41) is 8.87. The number of aliphatic hydroxyl groups is 1. The number of hydrogen-bond donors (Lipinski definition) is 1. The van der Waals surface area contributed by atoms with Gasteiger partial charge in [-0.05, 0) is 12.1 Å². The molecule has 0 aliphatic carbocycles. The van der Waals surface area contributed by atoms with Crippen LogP contribution >= 0.6 is 0 Å². The first kappa shape index (κ1) is 13.4. The fraction of sp³-hybridized carbons (Fsp3) is 0.333. The lowest BCUT2D eigenvalue weighted by Gasteiger charge is -2.13. The highest BCUT2D eigenvalue weighted by Crippen LogP contribution is 2.31. The summed E-state index contributed by atoms with van der Waals surface area (Å²) < 4.78 is 35.2. The Morgan fingerprint density at radius 1 is 1.18 bits per heavy atom. The van der Waals surface area contributed by atoms with Gasteiger partial charge >= 0.3 is 0 Å². The Labute approximate surface area is 98.3 Å². The van der Waals surface area contributed by atoms with Gasteiger partial charge in [0, 0.05) is 17.6 Å². The molecule has 0 bridgehead atoms. The molecule has 0 atom stereocenters. The number of aliphatic hydroxyl groups excluding tert-OH is 1. The highest BCUT2D eigenvalue weighted by molar-refractivity contribution is 5.47. The molecule has 5 heteroatoms. The molecule has 0 unspecified atom stereocenters. The van der Waals surface area contributed by atoms with Crippen LogP contribution in [0.3, 0.4) is 0 Å². The molecular formula is C12H14F2O3. The average Bonchev–Trinajstić information content (AvgIpc) is 2.35. The van der Waals surface area contributed by atoms with Crippen molar-refractivity contribution in [1.29, 1.82) is 0 Å². The molecule has 0 aliphatic rings. The largest absolute Gasteiger partial charge is 0.496 e. The zero-order valence-corrected chi connectivity index (χ0v) is 9.67. The predicted molar refractivity (Wildman–Crippen MR) is 59.6 cm³/mol. The van der Waals surface area contributed by atoms with Crippen LogP contribution in [-0.4, -0.2) is 25.9 Å². The third-order valence-electron chi connectivity index (χ3n) is 2.38. The Kier molecular flexibility index (Phi) is 4.90. The molecule has 0 heterocycles. The molecule has 1 aromatic rings. The molecule has 0 aromatic heterocycles. The minimum atomic E-state index is -1.87. The van der Waals surface area contributed by atoms with E-state index in [9.17, 15) is 8.78 Å². The fourth-order valence-corrected chi connectivity index (χ4v) is 1.50. The summed E-state index contributed by atoms with van der Waals surface area (Å²) in [5.41, 5.74) is 0.155. The second-order valence-electron chi connectivity index (χ2n) is 3.34. The summed E-state index contributed by atoms with van der Waals surface area (Å²) in [6, 6.07) is 5.02. The molecule has 0 saturated carbocycles. The van der Waals surface area contributed by atoms with E-state index in [2.05, 4.69) is 0 Å². The van der Waals surface area contributed by atoms with Crippen LogP contribution in [0.15, 0.2) is 29.9 Å². The first-order valence-corrected chi connectivity index (χ1v) is 4.97. The van der Waals surface area contributed by atoms with Crippen LogP contribution in [0.1, 0.15) is 5.56 Å². The van der Waals surface area contributed by atoms with Crippen LogP contribution < -0.4 is 9.47 Å². The van der Waals surface area contributed by atoms with Crippen LogP contribution in [0.5, 0.6) is 11.5 Å². The van der Waals surface area contributed by atoms with Crippen molar-refractivity contribution in [3.05, 3.63) is 35.4 Å². The zero-order valence-electron chi connectivity index (χ0n) is 9.67. The maximum atomic E-state index is 12.5. The summed E-state index contributed by atoms with van der Waals surface area (Å²) in [6.07, 6.45) is -1.98.